The Morgan fingerprint density at radius 3 is 2.20 bits per heavy atom. The third kappa shape index (κ3) is 4.42. The van der Waals surface area contributed by atoms with Crippen LogP contribution in [0.4, 0.5) is 22.0 Å². The van der Waals surface area contributed by atoms with E-state index in [0.717, 1.165) is 23.1 Å². The van der Waals surface area contributed by atoms with Crippen molar-refractivity contribution >= 4 is 28.5 Å². The summed E-state index contributed by atoms with van der Waals surface area (Å²) in [6.07, 6.45) is 0.907. The van der Waals surface area contributed by atoms with Gasteiger partial charge in [-0.05, 0) is 30.2 Å². The average Bonchev–Trinajstić information content (AvgIpc) is 2.73. The topological polar surface area (TPSA) is 141 Å². The molecule has 2 aromatic heterocycles. The highest BCUT2D eigenvalue weighted by molar-refractivity contribution is 5.83. The molecule has 4 aromatic rings. The van der Waals surface area contributed by atoms with Crippen molar-refractivity contribution in [2.75, 3.05) is 17.2 Å². The quantitative estimate of drug-likeness (QED) is 0.465. The molecule has 0 radical (unpaired) electrons. The second kappa shape index (κ2) is 8.84. The minimum absolute atomic E-state index is 0.0116. The molecule has 0 atom stereocenters. The molecule has 0 saturated carbocycles. The zero-order valence-electron chi connectivity index (χ0n) is 16.3. The van der Waals surface area contributed by atoms with Gasteiger partial charge in [0.2, 0.25) is 5.95 Å². The lowest BCUT2D eigenvalue weighted by atomic mass is 10.0. The van der Waals surface area contributed by atoms with E-state index < -0.39 is 0 Å². The first-order valence-electron chi connectivity index (χ1n) is 9.16. The molecule has 0 bridgehead atoms. The molecule has 2 aromatic carbocycles. The van der Waals surface area contributed by atoms with Crippen molar-refractivity contribution in [3.05, 3.63) is 71.5 Å². The van der Waals surface area contributed by atoms with Crippen molar-refractivity contribution in [2.45, 2.75) is 13.3 Å². The predicted octanol–water partition coefficient (Wildman–Crippen LogP) is 3.70. The Morgan fingerprint density at radius 1 is 0.933 bits per heavy atom. The Morgan fingerprint density at radius 2 is 1.60 bits per heavy atom. The lowest BCUT2D eigenvalue weighted by Gasteiger charge is -2.09. The first kappa shape index (κ1) is 20.5. The highest BCUT2D eigenvalue weighted by atomic mass is 19.1. The van der Waals surface area contributed by atoms with Crippen LogP contribution in [0.2, 0.25) is 0 Å². The fraction of sp³-hybridized carbons (Fsp3) is 0.0909. The van der Waals surface area contributed by atoms with Crippen LogP contribution < -0.4 is 17.2 Å². The maximum Gasteiger partial charge on any atom is 0.224 e. The molecule has 0 saturated heterocycles. The van der Waals surface area contributed by atoms with Crippen LogP contribution in [0.15, 0.2) is 54.6 Å². The van der Waals surface area contributed by atoms with Gasteiger partial charge in [0.25, 0.3) is 0 Å². The zero-order valence-corrected chi connectivity index (χ0v) is 16.3. The van der Waals surface area contributed by atoms with Crippen LogP contribution in [0, 0.1) is 17.1 Å². The van der Waals surface area contributed by atoms with Crippen LogP contribution in [0.1, 0.15) is 18.1 Å². The number of nitrogens with zero attached hydrogens (tertiary/aromatic N) is 4. The van der Waals surface area contributed by atoms with Gasteiger partial charge in [-0.15, -0.1) is 0 Å². The van der Waals surface area contributed by atoms with Gasteiger partial charge in [-0.2, -0.15) is 15.2 Å². The summed E-state index contributed by atoms with van der Waals surface area (Å²) in [7, 11) is 0. The lowest BCUT2D eigenvalue weighted by molar-refractivity contribution is 0.629. The van der Waals surface area contributed by atoms with Crippen molar-refractivity contribution in [3.8, 4) is 17.3 Å². The molecular formula is C22H20FN7. The Bertz CT molecular complexity index is 1210. The first-order valence-corrected chi connectivity index (χ1v) is 9.16. The van der Waals surface area contributed by atoms with Gasteiger partial charge in [0.15, 0.2) is 0 Å². The van der Waals surface area contributed by atoms with Crippen LogP contribution in [0.25, 0.3) is 22.2 Å². The Hall–Kier alpha value is -4.25. The van der Waals surface area contributed by atoms with Crippen molar-refractivity contribution < 1.29 is 4.39 Å². The minimum Gasteiger partial charge on any atom is -0.382 e. The maximum atomic E-state index is 13.3. The number of aryl methyl sites for hydroxylation is 1. The highest BCUT2D eigenvalue weighted by Gasteiger charge is 2.08. The SMILES string of the molecule is CCc1cc2ccc(F)cc2nc1-c1ccccc1.N#Cc1c(N)nc(N)nc1N. The number of fused-ring (bicyclic) bond motifs is 1. The molecule has 2 heterocycles. The van der Waals surface area contributed by atoms with E-state index in [0.29, 0.717) is 5.52 Å². The second-order valence-corrected chi connectivity index (χ2v) is 6.39. The lowest BCUT2D eigenvalue weighted by Crippen LogP contribution is -2.06. The average molecular weight is 401 g/mol. The summed E-state index contributed by atoms with van der Waals surface area (Å²) in [5.74, 6) is -0.253. The number of hydrogen-bond donors (Lipinski definition) is 3. The van der Waals surface area contributed by atoms with E-state index in [1.807, 2.05) is 30.3 Å². The molecule has 150 valence electrons. The van der Waals surface area contributed by atoms with Gasteiger partial charge in [-0.25, -0.2) is 9.37 Å². The molecule has 0 unspecified atom stereocenters. The number of hydrogen-bond acceptors (Lipinski definition) is 7. The summed E-state index contributed by atoms with van der Waals surface area (Å²) >= 11 is 0. The molecule has 6 N–H and O–H groups in total. The molecular weight excluding hydrogens is 381 g/mol. The van der Waals surface area contributed by atoms with Gasteiger partial charge in [0.1, 0.15) is 29.1 Å². The highest BCUT2D eigenvalue weighted by Crippen LogP contribution is 2.26. The number of nitrogen functional groups attached to an aromatic ring is 3. The van der Waals surface area contributed by atoms with Crippen LogP contribution in [0.5, 0.6) is 0 Å². The molecule has 0 aliphatic carbocycles. The van der Waals surface area contributed by atoms with Gasteiger partial charge in [0.05, 0.1) is 11.2 Å². The van der Waals surface area contributed by atoms with Crippen LogP contribution in [0.3, 0.4) is 0 Å². The number of aromatic nitrogens is 3. The minimum atomic E-state index is -0.247. The standard InChI is InChI=1S/C17H14FN.C5H6N6/c1-2-12-10-14-8-9-15(18)11-16(14)19-17(12)13-6-4-3-5-7-13;6-1-2-3(7)10-5(9)11-4(2)8/h3-11H,2H2,1H3;(H6,7,8,9,10,11). The molecule has 0 spiro atoms. The van der Waals surface area contributed by atoms with Gasteiger partial charge in [-0.1, -0.05) is 37.3 Å². The third-order valence-corrected chi connectivity index (χ3v) is 4.38. The Labute approximate surface area is 173 Å². The number of anilines is 3. The molecule has 30 heavy (non-hydrogen) atoms. The Balaban J connectivity index is 0.000000199. The van der Waals surface area contributed by atoms with Crippen LogP contribution in [-0.4, -0.2) is 15.0 Å². The molecule has 4 rings (SSSR count). The first-order chi connectivity index (χ1) is 14.4. The third-order valence-electron chi connectivity index (χ3n) is 4.38. The number of pyridine rings is 1. The van der Waals surface area contributed by atoms with E-state index in [9.17, 15) is 4.39 Å². The molecule has 0 amide bonds. The molecule has 0 aliphatic rings. The zero-order chi connectivity index (χ0) is 21.7. The molecule has 8 heteroatoms. The number of halogens is 1. The van der Waals surface area contributed by atoms with Crippen molar-refractivity contribution in [2.24, 2.45) is 0 Å². The fourth-order valence-electron chi connectivity index (χ4n) is 2.93. The number of benzene rings is 2. The maximum absolute atomic E-state index is 13.3. The summed E-state index contributed by atoms with van der Waals surface area (Å²) < 4.78 is 13.3. The van der Waals surface area contributed by atoms with Crippen molar-refractivity contribution in [3.63, 3.8) is 0 Å². The monoisotopic (exact) mass is 401 g/mol. The van der Waals surface area contributed by atoms with Crippen molar-refractivity contribution in [1.29, 1.82) is 5.26 Å². The molecule has 0 fully saturated rings. The predicted molar refractivity (Wildman–Crippen MR) is 116 cm³/mol. The van der Waals surface area contributed by atoms with Gasteiger partial charge in [-0.3, -0.25) is 0 Å². The van der Waals surface area contributed by atoms with E-state index in [1.165, 1.54) is 17.7 Å². The van der Waals surface area contributed by atoms with Gasteiger partial charge < -0.3 is 17.2 Å². The summed E-state index contributed by atoms with van der Waals surface area (Å²) in [4.78, 5) is 11.7. The summed E-state index contributed by atoms with van der Waals surface area (Å²) in [6.45, 7) is 2.11. The van der Waals surface area contributed by atoms with Gasteiger partial charge >= 0.3 is 0 Å². The number of nitrogens with two attached hydrogens (primary N) is 3. The van der Waals surface area contributed by atoms with Crippen LogP contribution >= 0.6 is 0 Å². The molecule has 0 aliphatic heterocycles. The second-order valence-electron chi connectivity index (χ2n) is 6.39. The van der Waals surface area contributed by atoms with E-state index in [2.05, 4.69) is 27.9 Å². The number of rotatable bonds is 2. The van der Waals surface area contributed by atoms with E-state index >= 15 is 0 Å². The summed E-state index contributed by atoms with van der Waals surface area (Å²) in [5.41, 5.74) is 19.8. The fourth-order valence-corrected chi connectivity index (χ4v) is 2.93. The summed E-state index contributed by atoms with van der Waals surface area (Å²) in [6, 6.07) is 18.6. The van der Waals surface area contributed by atoms with Crippen LogP contribution in [-0.2, 0) is 6.42 Å². The number of nitriles is 1. The smallest absolute Gasteiger partial charge is 0.224 e. The summed E-state index contributed by atoms with van der Waals surface area (Å²) in [5, 5.41) is 9.44. The molecule has 7 nitrogen and oxygen atoms in total. The Kier molecular flexibility index (Phi) is 6.03. The normalized spacial score (nSPS) is 10.2. The van der Waals surface area contributed by atoms with E-state index in [1.54, 1.807) is 12.1 Å². The van der Waals surface area contributed by atoms with Gasteiger partial charge in [0, 0.05) is 17.0 Å². The van der Waals surface area contributed by atoms with E-state index in [4.69, 9.17) is 22.5 Å². The van der Waals surface area contributed by atoms with Crippen molar-refractivity contribution in [1.82, 2.24) is 15.0 Å². The van der Waals surface area contributed by atoms with E-state index in [-0.39, 0.29) is 29.0 Å². The largest absolute Gasteiger partial charge is 0.382 e.